The molecule has 0 saturated carbocycles. The fourth-order valence-electron chi connectivity index (χ4n) is 2.86. The molecule has 0 radical (unpaired) electrons. The first kappa shape index (κ1) is 23.6. The van der Waals surface area contributed by atoms with E-state index in [1.54, 1.807) is 0 Å². The van der Waals surface area contributed by atoms with Gasteiger partial charge < -0.3 is 16.2 Å². The Morgan fingerprint density at radius 1 is 0.792 bits per heavy atom. The molecule has 0 aromatic carbocycles. The Morgan fingerprint density at radius 3 is 2.08 bits per heavy atom. The maximum Gasteiger partial charge on any atom is 0.0552 e. The van der Waals surface area contributed by atoms with Crippen molar-refractivity contribution in [2.75, 3.05) is 19.6 Å². The highest BCUT2D eigenvalue weighted by molar-refractivity contribution is 4.81. The van der Waals surface area contributed by atoms with Gasteiger partial charge in [0.25, 0.3) is 0 Å². The molecule has 1 unspecified atom stereocenters. The molecule has 0 aliphatic heterocycles. The average Bonchev–Trinajstić information content (AvgIpc) is 2.59. The second-order valence-corrected chi connectivity index (χ2v) is 7.00. The molecule has 0 aromatic rings. The molecule has 0 aliphatic carbocycles. The molecule has 0 fully saturated rings. The van der Waals surface area contributed by atoms with Gasteiger partial charge in [0.1, 0.15) is 0 Å². The van der Waals surface area contributed by atoms with E-state index in [-0.39, 0.29) is 6.10 Å². The fraction of sp³-hybridized carbons (Fsp3) is 0.905. The molecule has 3 nitrogen and oxygen atoms in total. The molecule has 0 aromatic heterocycles. The number of hydrogen-bond donors (Lipinski definition) is 3. The van der Waals surface area contributed by atoms with Gasteiger partial charge in [-0.25, -0.2) is 0 Å². The van der Waals surface area contributed by atoms with Crippen LogP contribution in [0.1, 0.15) is 96.8 Å². The highest BCUT2D eigenvalue weighted by Gasteiger charge is 2.02. The summed E-state index contributed by atoms with van der Waals surface area (Å²) in [6.45, 7) is 4.88. The Balaban J connectivity index is 3.19. The van der Waals surface area contributed by atoms with Crippen LogP contribution in [-0.4, -0.2) is 30.8 Å². The minimum Gasteiger partial charge on any atom is -0.393 e. The van der Waals surface area contributed by atoms with Gasteiger partial charge in [-0.2, -0.15) is 0 Å². The van der Waals surface area contributed by atoms with Crippen molar-refractivity contribution in [3.05, 3.63) is 12.2 Å². The molecule has 0 bridgehead atoms. The molecule has 4 N–H and O–H groups in total. The molecule has 0 aliphatic rings. The fourth-order valence-corrected chi connectivity index (χ4v) is 2.86. The minimum absolute atomic E-state index is 0.140. The van der Waals surface area contributed by atoms with Crippen LogP contribution < -0.4 is 11.1 Å². The second-order valence-electron chi connectivity index (χ2n) is 7.00. The van der Waals surface area contributed by atoms with Crippen molar-refractivity contribution in [1.82, 2.24) is 5.32 Å². The third kappa shape index (κ3) is 19.7. The molecule has 0 rings (SSSR count). The molecule has 24 heavy (non-hydrogen) atoms. The number of aliphatic hydroxyl groups excluding tert-OH is 1. The number of hydrogen-bond acceptors (Lipinski definition) is 3. The van der Waals surface area contributed by atoms with E-state index in [9.17, 15) is 5.11 Å². The summed E-state index contributed by atoms with van der Waals surface area (Å²) < 4.78 is 0. The predicted molar refractivity (Wildman–Crippen MR) is 107 cm³/mol. The van der Waals surface area contributed by atoms with E-state index in [0.29, 0.717) is 0 Å². The first-order chi connectivity index (χ1) is 11.8. The topological polar surface area (TPSA) is 58.3 Å². The van der Waals surface area contributed by atoms with Crippen molar-refractivity contribution in [1.29, 1.82) is 0 Å². The second kappa shape index (κ2) is 20.7. The SMILES string of the molecule is CCCCCCCC/C=C\CCCCCC(O)CCNCCCN. The number of nitrogens with one attached hydrogen (secondary N) is 1. The summed E-state index contributed by atoms with van der Waals surface area (Å²) in [6.07, 6.45) is 21.8. The first-order valence-corrected chi connectivity index (χ1v) is 10.5. The standard InChI is InChI=1S/C21H44N2O/c1-2-3-4-5-6-7-8-9-10-11-12-13-14-16-21(24)17-20-23-19-15-18-22/h9-10,21,23-24H,2-8,11-20,22H2,1H3/b10-9-. The Labute approximate surface area is 151 Å². The quantitative estimate of drug-likeness (QED) is 0.231. The van der Waals surface area contributed by atoms with Crippen LogP contribution in [-0.2, 0) is 0 Å². The Hall–Kier alpha value is -0.380. The van der Waals surface area contributed by atoms with Crippen LogP contribution in [0.25, 0.3) is 0 Å². The van der Waals surface area contributed by atoms with Crippen LogP contribution >= 0.6 is 0 Å². The predicted octanol–water partition coefficient (Wildman–Crippen LogP) is 4.93. The van der Waals surface area contributed by atoms with E-state index in [1.807, 2.05) is 0 Å². The van der Waals surface area contributed by atoms with E-state index in [0.717, 1.165) is 45.3 Å². The zero-order valence-electron chi connectivity index (χ0n) is 16.3. The molecule has 0 amide bonds. The van der Waals surface area contributed by atoms with E-state index < -0.39 is 0 Å². The van der Waals surface area contributed by atoms with Crippen LogP contribution in [0, 0.1) is 0 Å². The van der Waals surface area contributed by atoms with Crippen molar-refractivity contribution in [3.8, 4) is 0 Å². The molecule has 0 saturated heterocycles. The third-order valence-electron chi connectivity index (χ3n) is 4.51. The van der Waals surface area contributed by atoms with Crippen LogP contribution in [0.3, 0.4) is 0 Å². The lowest BCUT2D eigenvalue weighted by Gasteiger charge is -2.10. The molecule has 0 spiro atoms. The van der Waals surface area contributed by atoms with Gasteiger partial charge in [0.05, 0.1) is 6.10 Å². The third-order valence-corrected chi connectivity index (χ3v) is 4.51. The van der Waals surface area contributed by atoms with E-state index >= 15 is 0 Å². The Kier molecular flexibility index (Phi) is 20.3. The number of allylic oxidation sites excluding steroid dienone is 2. The van der Waals surface area contributed by atoms with E-state index in [1.165, 1.54) is 64.2 Å². The lowest BCUT2D eigenvalue weighted by Crippen LogP contribution is -2.23. The normalized spacial score (nSPS) is 13.0. The monoisotopic (exact) mass is 340 g/mol. The van der Waals surface area contributed by atoms with Gasteiger partial charge in [-0.3, -0.25) is 0 Å². The molecule has 1 atom stereocenters. The van der Waals surface area contributed by atoms with Gasteiger partial charge in [-0.1, -0.05) is 64.0 Å². The number of rotatable bonds is 19. The van der Waals surface area contributed by atoms with Crippen LogP contribution in [0.15, 0.2) is 12.2 Å². The van der Waals surface area contributed by atoms with Crippen molar-refractivity contribution >= 4 is 0 Å². The number of nitrogens with two attached hydrogens (primary N) is 1. The summed E-state index contributed by atoms with van der Waals surface area (Å²) in [5, 5.41) is 13.2. The average molecular weight is 341 g/mol. The van der Waals surface area contributed by atoms with E-state index in [2.05, 4.69) is 24.4 Å². The van der Waals surface area contributed by atoms with Crippen LogP contribution in [0.2, 0.25) is 0 Å². The number of unbranched alkanes of at least 4 members (excludes halogenated alkanes) is 9. The molecule has 0 heterocycles. The molecule has 3 heteroatoms. The van der Waals surface area contributed by atoms with Gasteiger partial charge in [-0.05, 0) is 64.6 Å². The molecular formula is C21H44N2O. The van der Waals surface area contributed by atoms with Gasteiger partial charge in [0.15, 0.2) is 0 Å². The van der Waals surface area contributed by atoms with Crippen LogP contribution in [0.5, 0.6) is 0 Å². The van der Waals surface area contributed by atoms with Gasteiger partial charge in [0.2, 0.25) is 0 Å². The number of aliphatic hydroxyl groups is 1. The maximum absolute atomic E-state index is 9.90. The largest absolute Gasteiger partial charge is 0.393 e. The van der Waals surface area contributed by atoms with Crippen LogP contribution in [0.4, 0.5) is 0 Å². The first-order valence-electron chi connectivity index (χ1n) is 10.5. The summed E-state index contributed by atoms with van der Waals surface area (Å²) in [4.78, 5) is 0. The van der Waals surface area contributed by atoms with Crippen molar-refractivity contribution in [2.45, 2.75) is 103 Å². The summed E-state index contributed by atoms with van der Waals surface area (Å²) in [5.74, 6) is 0. The summed E-state index contributed by atoms with van der Waals surface area (Å²) in [6, 6.07) is 0. The lowest BCUT2D eigenvalue weighted by atomic mass is 10.1. The van der Waals surface area contributed by atoms with E-state index in [4.69, 9.17) is 5.73 Å². The molecular weight excluding hydrogens is 296 g/mol. The smallest absolute Gasteiger partial charge is 0.0552 e. The Morgan fingerprint density at radius 2 is 1.42 bits per heavy atom. The summed E-state index contributed by atoms with van der Waals surface area (Å²) in [5.41, 5.74) is 5.44. The Bertz CT molecular complexity index is 256. The highest BCUT2D eigenvalue weighted by Crippen LogP contribution is 2.10. The van der Waals surface area contributed by atoms with Crippen molar-refractivity contribution in [3.63, 3.8) is 0 Å². The van der Waals surface area contributed by atoms with Crippen molar-refractivity contribution in [2.24, 2.45) is 5.73 Å². The van der Waals surface area contributed by atoms with Gasteiger partial charge in [-0.15, -0.1) is 0 Å². The maximum atomic E-state index is 9.90. The van der Waals surface area contributed by atoms with Crippen molar-refractivity contribution < 1.29 is 5.11 Å². The zero-order valence-corrected chi connectivity index (χ0v) is 16.3. The van der Waals surface area contributed by atoms with Gasteiger partial charge >= 0.3 is 0 Å². The lowest BCUT2D eigenvalue weighted by molar-refractivity contribution is 0.150. The zero-order chi connectivity index (χ0) is 17.7. The summed E-state index contributed by atoms with van der Waals surface area (Å²) in [7, 11) is 0. The molecule has 144 valence electrons. The minimum atomic E-state index is -0.140. The highest BCUT2D eigenvalue weighted by atomic mass is 16.3. The summed E-state index contributed by atoms with van der Waals surface area (Å²) >= 11 is 0. The van der Waals surface area contributed by atoms with Gasteiger partial charge in [0, 0.05) is 0 Å².